The summed E-state index contributed by atoms with van der Waals surface area (Å²) in [6, 6.07) is -0.254. The van der Waals surface area contributed by atoms with Crippen LogP contribution in [0.2, 0.25) is 0 Å². The van der Waals surface area contributed by atoms with E-state index in [1.54, 1.807) is 0 Å². The largest absolute Gasteiger partial charge is 0.444 e. The fourth-order valence-electron chi connectivity index (χ4n) is 3.57. The second-order valence-corrected chi connectivity index (χ2v) is 8.38. The van der Waals surface area contributed by atoms with Crippen molar-refractivity contribution in [3.8, 4) is 0 Å². The molecule has 0 bridgehead atoms. The number of ether oxygens (including phenoxy) is 1. The SMILES string of the molecule is CC(C)(C)OC(=O)N[C@H](CON1C(=O)CCC1=O)C(C1CC1)C1CC1. The number of hydroxylamine groups is 2. The first-order chi connectivity index (χ1) is 11.7. The van der Waals surface area contributed by atoms with Gasteiger partial charge in [0.1, 0.15) is 5.60 Å². The van der Waals surface area contributed by atoms with Crippen molar-refractivity contribution in [3.05, 3.63) is 0 Å². The minimum Gasteiger partial charge on any atom is -0.444 e. The summed E-state index contributed by atoms with van der Waals surface area (Å²) >= 11 is 0. The number of rotatable bonds is 7. The lowest BCUT2D eigenvalue weighted by Gasteiger charge is -2.30. The maximum atomic E-state index is 12.2. The molecule has 1 saturated heterocycles. The molecule has 140 valence electrons. The molecule has 3 fully saturated rings. The Morgan fingerprint density at radius 2 is 1.64 bits per heavy atom. The van der Waals surface area contributed by atoms with E-state index >= 15 is 0 Å². The summed E-state index contributed by atoms with van der Waals surface area (Å²) in [5.41, 5.74) is -0.578. The fourth-order valence-corrected chi connectivity index (χ4v) is 3.57. The molecular formula is C18H28N2O5. The molecule has 1 atom stereocenters. The third kappa shape index (κ3) is 4.93. The number of alkyl carbamates (subject to hydrolysis) is 1. The van der Waals surface area contributed by atoms with Crippen LogP contribution in [0.1, 0.15) is 59.3 Å². The van der Waals surface area contributed by atoms with E-state index in [0.29, 0.717) is 17.8 Å². The van der Waals surface area contributed by atoms with Crippen LogP contribution in [0.5, 0.6) is 0 Å². The van der Waals surface area contributed by atoms with E-state index in [4.69, 9.17) is 9.57 Å². The molecule has 0 unspecified atom stereocenters. The van der Waals surface area contributed by atoms with Gasteiger partial charge in [0.2, 0.25) is 0 Å². The van der Waals surface area contributed by atoms with Crippen molar-refractivity contribution >= 4 is 17.9 Å². The first kappa shape index (κ1) is 18.2. The van der Waals surface area contributed by atoms with E-state index < -0.39 is 11.7 Å². The number of carbonyl (C=O) groups excluding carboxylic acids is 3. The van der Waals surface area contributed by atoms with Crippen molar-refractivity contribution in [1.29, 1.82) is 0 Å². The number of hydrogen-bond donors (Lipinski definition) is 1. The minimum absolute atomic E-state index is 0.119. The van der Waals surface area contributed by atoms with Crippen LogP contribution < -0.4 is 5.32 Å². The Morgan fingerprint density at radius 1 is 1.12 bits per heavy atom. The lowest BCUT2D eigenvalue weighted by molar-refractivity contribution is -0.190. The summed E-state index contributed by atoms with van der Waals surface area (Å²) < 4.78 is 5.38. The molecule has 3 rings (SSSR count). The molecule has 25 heavy (non-hydrogen) atoms. The number of carbonyl (C=O) groups is 3. The quantitative estimate of drug-likeness (QED) is 0.711. The van der Waals surface area contributed by atoms with Crippen molar-refractivity contribution in [2.24, 2.45) is 17.8 Å². The van der Waals surface area contributed by atoms with Crippen molar-refractivity contribution in [1.82, 2.24) is 10.4 Å². The Labute approximate surface area is 148 Å². The molecule has 0 aromatic rings. The van der Waals surface area contributed by atoms with Crippen molar-refractivity contribution in [2.75, 3.05) is 6.61 Å². The summed E-state index contributed by atoms with van der Waals surface area (Å²) in [6.07, 6.45) is 4.55. The lowest BCUT2D eigenvalue weighted by Crippen LogP contribution is -2.48. The van der Waals surface area contributed by atoms with E-state index in [1.165, 1.54) is 0 Å². The first-order valence-electron chi connectivity index (χ1n) is 9.23. The fraction of sp³-hybridized carbons (Fsp3) is 0.833. The summed E-state index contributed by atoms with van der Waals surface area (Å²) in [5, 5.41) is 3.80. The molecule has 2 aliphatic carbocycles. The van der Waals surface area contributed by atoms with Crippen LogP contribution in [-0.2, 0) is 19.2 Å². The standard InChI is InChI=1S/C18H28N2O5/c1-18(2,3)25-17(23)19-13(16(11-4-5-11)12-6-7-12)10-24-20-14(21)8-9-15(20)22/h11-13,16H,4-10H2,1-3H3,(H,19,23)/t13-/m1/s1. The predicted octanol–water partition coefficient (Wildman–Crippen LogP) is 2.40. The lowest BCUT2D eigenvalue weighted by atomic mass is 9.90. The molecule has 1 aliphatic heterocycles. The summed E-state index contributed by atoms with van der Waals surface area (Å²) in [4.78, 5) is 41.2. The normalized spacial score (nSPS) is 22.5. The highest BCUT2D eigenvalue weighted by Gasteiger charge is 2.47. The molecule has 3 aliphatic rings. The smallest absolute Gasteiger partial charge is 0.407 e. The molecular weight excluding hydrogens is 324 g/mol. The van der Waals surface area contributed by atoms with Crippen LogP contribution in [-0.4, -0.2) is 41.2 Å². The maximum Gasteiger partial charge on any atom is 0.407 e. The Kier molecular flexibility index (Phi) is 5.04. The Hall–Kier alpha value is -1.63. The number of amides is 3. The van der Waals surface area contributed by atoms with Gasteiger partial charge in [-0.3, -0.25) is 14.4 Å². The molecule has 7 nitrogen and oxygen atoms in total. The number of hydrogen-bond acceptors (Lipinski definition) is 5. The van der Waals surface area contributed by atoms with Crippen molar-refractivity contribution in [3.63, 3.8) is 0 Å². The van der Waals surface area contributed by atoms with Crippen LogP contribution in [0, 0.1) is 17.8 Å². The average molecular weight is 352 g/mol. The van der Waals surface area contributed by atoms with Crippen molar-refractivity contribution in [2.45, 2.75) is 70.9 Å². The third-order valence-electron chi connectivity index (χ3n) is 4.89. The monoisotopic (exact) mass is 352 g/mol. The maximum absolute atomic E-state index is 12.2. The van der Waals surface area contributed by atoms with Gasteiger partial charge >= 0.3 is 6.09 Å². The van der Waals surface area contributed by atoms with E-state index in [0.717, 1.165) is 30.7 Å². The number of nitrogens with zero attached hydrogens (tertiary/aromatic N) is 1. The van der Waals surface area contributed by atoms with Gasteiger partial charge in [0.25, 0.3) is 11.8 Å². The molecule has 1 heterocycles. The van der Waals surface area contributed by atoms with Crippen LogP contribution in [0.3, 0.4) is 0 Å². The average Bonchev–Trinajstić information content (AvgIpc) is 3.38. The zero-order chi connectivity index (χ0) is 18.2. The van der Waals surface area contributed by atoms with Crippen LogP contribution in [0.4, 0.5) is 4.79 Å². The highest BCUT2D eigenvalue weighted by Crippen LogP contribution is 2.50. The van der Waals surface area contributed by atoms with Crippen molar-refractivity contribution < 1.29 is 24.0 Å². The zero-order valence-electron chi connectivity index (χ0n) is 15.2. The van der Waals surface area contributed by atoms with Crippen LogP contribution in [0.15, 0.2) is 0 Å². The summed E-state index contributed by atoms with van der Waals surface area (Å²) in [6.45, 7) is 5.57. The van der Waals surface area contributed by atoms with Gasteiger partial charge in [-0.2, -0.15) is 5.06 Å². The second-order valence-electron chi connectivity index (χ2n) is 8.38. The Bertz CT molecular complexity index is 520. The van der Waals surface area contributed by atoms with Crippen LogP contribution in [0.25, 0.3) is 0 Å². The number of imide groups is 1. The Morgan fingerprint density at radius 3 is 2.08 bits per heavy atom. The van der Waals surface area contributed by atoms with Crippen LogP contribution >= 0.6 is 0 Å². The van der Waals surface area contributed by atoms with Gasteiger partial charge in [0.05, 0.1) is 12.6 Å². The van der Waals surface area contributed by atoms with Gasteiger partial charge in [0.15, 0.2) is 0 Å². The van der Waals surface area contributed by atoms with Gasteiger partial charge in [0, 0.05) is 12.8 Å². The molecule has 2 saturated carbocycles. The zero-order valence-corrected chi connectivity index (χ0v) is 15.2. The molecule has 7 heteroatoms. The molecule has 0 aromatic carbocycles. The summed E-state index contributed by atoms with van der Waals surface area (Å²) in [5.74, 6) is 0.869. The second kappa shape index (κ2) is 6.94. The summed E-state index contributed by atoms with van der Waals surface area (Å²) in [7, 11) is 0. The molecule has 0 spiro atoms. The number of nitrogens with one attached hydrogen (secondary N) is 1. The highest BCUT2D eigenvalue weighted by atomic mass is 16.7. The highest BCUT2D eigenvalue weighted by molar-refractivity contribution is 6.00. The third-order valence-corrected chi connectivity index (χ3v) is 4.89. The predicted molar refractivity (Wildman–Crippen MR) is 89.1 cm³/mol. The Balaban J connectivity index is 1.64. The van der Waals surface area contributed by atoms with E-state index in [-0.39, 0.29) is 37.3 Å². The van der Waals surface area contributed by atoms with Gasteiger partial charge in [-0.1, -0.05) is 0 Å². The minimum atomic E-state index is -0.578. The van der Waals surface area contributed by atoms with Gasteiger partial charge < -0.3 is 10.1 Å². The topological polar surface area (TPSA) is 84.9 Å². The molecule has 3 amide bonds. The van der Waals surface area contributed by atoms with E-state index in [2.05, 4.69) is 5.32 Å². The van der Waals surface area contributed by atoms with Gasteiger partial charge in [-0.15, -0.1) is 0 Å². The molecule has 0 aromatic heterocycles. The first-order valence-corrected chi connectivity index (χ1v) is 9.23. The molecule has 0 radical (unpaired) electrons. The van der Waals surface area contributed by atoms with Gasteiger partial charge in [-0.25, -0.2) is 4.79 Å². The van der Waals surface area contributed by atoms with Gasteiger partial charge in [-0.05, 0) is 64.2 Å². The van der Waals surface area contributed by atoms with E-state index in [9.17, 15) is 14.4 Å². The van der Waals surface area contributed by atoms with E-state index in [1.807, 2.05) is 20.8 Å². The molecule has 1 N–H and O–H groups in total.